The lowest BCUT2D eigenvalue weighted by Gasteiger charge is -2.30. The summed E-state index contributed by atoms with van der Waals surface area (Å²) in [6.07, 6.45) is 1.49. The van der Waals surface area contributed by atoms with E-state index in [1.165, 1.54) is 28.3 Å². The van der Waals surface area contributed by atoms with Crippen molar-refractivity contribution in [3.63, 3.8) is 0 Å². The van der Waals surface area contributed by atoms with E-state index < -0.39 is 5.54 Å². The van der Waals surface area contributed by atoms with Gasteiger partial charge in [0.25, 0.3) is 0 Å². The summed E-state index contributed by atoms with van der Waals surface area (Å²) in [6, 6.07) is 11.0. The molecule has 0 saturated carbocycles. The Balaban J connectivity index is 2.44. The van der Waals surface area contributed by atoms with Crippen molar-refractivity contribution >= 4 is 0 Å². The maximum Gasteiger partial charge on any atom is 0.123 e. The van der Waals surface area contributed by atoms with Crippen LogP contribution in [0, 0.1) is 26.6 Å². The van der Waals surface area contributed by atoms with Crippen LogP contribution in [0.1, 0.15) is 41.2 Å². The van der Waals surface area contributed by atoms with E-state index in [-0.39, 0.29) is 5.82 Å². The molecule has 0 radical (unpaired) electrons. The van der Waals surface area contributed by atoms with Gasteiger partial charge in [-0.3, -0.25) is 0 Å². The number of benzene rings is 2. The molecule has 0 aromatic heterocycles. The van der Waals surface area contributed by atoms with Gasteiger partial charge in [0.1, 0.15) is 5.82 Å². The Bertz CT molecular complexity index is 625. The van der Waals surface area contributed by atoms with Crippen LogP contribution < -0.4 is 5.73 Å². The zero-order valence-electron chi connectivity index (χ0n) is 13.3. The Hall–Kier alpha value is -1.67. The average molecular weight is 285 g/mol. The molecule has 2 heteroatoms. The summed E-state index contributed by atoms with van der Waals surface area (Å²) in [6.45, 7) is 8.41. The van der Waals surface area contributed by atoms with E-state index in [0.717, 1.165) is 18.4 Å². The highest BCUT2D eigenvalue weighted by atomic mass is 19.1. The van der Waals surface area contributed by atoms with Gasteiger partial charge in [-0.15, -0.1) is 0 Å². The smallest absolute Gasteiger partial charge is 0.123 e. The number of hydrogen-bond donors (Lipinski definition) is 1. The van der Waals surface area contributed by atoms with Crippen LogP contribution in [0.2, 0.25) is 0 Å². The summed E-state index contributed by atoms with van der Waals surface area (Å²) in [5, 5.41) is 0. The Kier molecular flexibility index (Phi) is 4.48. The highest BCUT2D eigenvalue weighted by Crippen LogP contribution is 2.30. The first kappa shape index (κ1) is 15.7. The van der Waals surface area contributed by atoms with Crippen LogP contribution in [-0.4, -0.2) is 0 Å². The molecule has 2 aromatic carbocycles. The Morgan fingerprint density at radius 1 is 1.05 bits per heavy atom. The molecule has 2 aromatic rings. The third kappa shape index (κ3) is 3.33. The first-order valence-corrected chi connectivity index (χ1v) is 7.47. The molecule has 0 spiro atoms. The second kappa shape index (κ2) is 5.98. The molecule has 112 valence electrons. The lowest BCUT2D eigenvalue weighted by molar-refractivity contribution is 0.420. The molecule has 0 aliphatic carbocycles. The summed E-state index contributed by atoms with van der Waals surface area (Å²) in [5.74, 6) is -0.229. The molecule has 0 saturated heterocycles. The van der Waals surface area contributed by atoms with Crippen molar-refractivity contribution < 1.29 is 4.39 Å². The molecule has 0 amide bonds. The van der Waals surface area contributed by atoms with Gasteiger partial charge in [0, 0.05) is 5.54 Å². The predicted molar refractivity (Wildman–Crippen MR) is 86.9 cm³/mol. The van der Waals surface area contributed by atoms with E-state index in [0.29, 0.717) is 0 Å². The molecule has 0 aliphatic heterocycles. The van der Waals surface area contributed by atoms with E-state index >= 15 is 0 Å². The molecular weight excluding hydrogens is 261 g/mol. The molecule has 1 atom stereocenters. The second-order valence-corrected chi connectivity index (χ2v) is 6.07. The summed E-state index contributed by atoms with van der Waals surface area (Å²) in [5.41, 5.74) is 12.0. The van der Waals surface area contributed by atoms with E-state index in [2.05, 4.69) is 39.8 Å². The monoisotopic (exact) mass is 285 g/mol. The number of hydrogen-bond acceptors (Lipinski definition) is 1. The highest BCUT2D eigenvalue weighted by molar-refractivity contribution is 5.40. The van der Waals surface area contributed by atoms with E-state index in [4.69, 9.17) is 5.73 Å². The fourth-order valence-corrected chi connectivity index (χ4v) is 3.03. The topological polar surface area (TPSA) is 26.0 Å². The summed E-state index contributed by atoms with van der Waals surface area (Å²) < 4.78 is 13.5. The minimum absolute atomic E-state index is 0.229. The zero-order valence-corrected chi connectivity index (χ0v) is 13.3. The first-order valence-electron chi connectivity index (χ1n) is 7.47. The van der Waals surface area contributed by atoms with E-state index in [1.807, 2.05) is 6.07 Å². The molecule has 21 heavy (non-hydrogen) atoms. The maximum atomic E-state index is 13.5. The molecule has 2 rings (SSSR count). The van der Waals surface area contributed by atoms with Crippen molar-refractivity contribution in [3.05, 3.63) is 70.0 Å². The zero-order chi connectivity index (χ0) is 15.6. The highest BCUT2D eigenvalue weighted by Gasteiger charge is 2.27. The molecule has 0 aliphatic rings. The third-order valence-corrected chi connectivity index (χ3v) is 4.36. The van der Waals surface area contributed by atoms with Gasteiger partial charge in [-0.05, 0) is 68.0 Å². The standard InChI is InChI=1S/C19H24FN/c1-5-19(21,16-7-6-8-17(20)11-16)12-18-14(3)9-13(2)10-15(18)4/h6-11H,5,12,21H2,1-4H3. The van der Waals surface area contributed by atoms with Gasteiger partial charge in [0.15, 0.2) is 0 Å². The SMILES string of the molecule is CCC(N)(Cc1c(C)cc(C)cc1C)c1cccc(F)c1. The van der Waals surface area contributed by atoms with Crippen molar-refractivity contribution in [2.45, 2.75) is 46.1 Å². The van der Waals surface area contributed by atoms with Crippen molar-refractivity contribution in [3.8, 4) is 0 Å². The quantitative estimate of drug-likeness (QED) is 0.875. The van der Waals surface area contributed by atoms with Gasteiger partial charge in [-0.2, -0.15) is 0 Å². The van der Waals surface area contributed by atoms with Gasteiger partial charge in [0.05, 0.1) is 0 Å². The number of aryl methyl sites for hydroxylation is 3. The second-order valence-electron chi connectivity index (χ2n) is 6.07. The molecule has 1 unspecified atom stereocenters. The number of halogens is 1. The normalized spacial score (nSPS) is 14.0. The van der Waals surface area contributed by atoms with Crippen LogP contribution in [0.4, 0.5) is 4.39 Å². The van der Waals surface area contributed by atoms with E-state index in [1.54, 1.807) is 12.1 Å². The number of rotatable bonds is 4. The van der Waals surface area contributed by atoms with Crippen molar-refractivity contribution in [2.24, 2.45) is 5.73 Å². The summed E-state index contributed by atoms with van der Waals surface area (Å²) in [7, 11) is 0. The van der Waals surface area contributed by atoms with Crippen LogP contribution >= 0.6 is 0 Å². The molecular formula is C19H24FN. The lowest BCUT2D eigenvalue weighted by Crippen LogP contribution is -2.39. The maximum absolute atomic E-state index is 13.5. The van der Waals surface area contributed by atoms with Crippen molar-refractivity contribution in [2.75, 3.05) is 0 Å². The summed E-state index contributed by atoms with van der Waals surface area (Å²) >= 11 is 0. The van der Waals surface area contributed by atoms with E-state index in [9.17, 15) is 4.39 Å². The Morgan fingerprint density at radius 2 is 1.67 bits per heavy atom. The summed E-state index contributed by atoms with van der Waals surface area (Å²) in [4.78, 5) is 0. The van der Waals surface area contributed by atoms with Crippen molar-refractivity contribution in [1.82, 2.24) is 0 Å². The van der Waals surface area contributed by atoms with Crippen LogP contribution in [0.25, 0.3) is 0 Å². The van der Waals surface area contributed by atoms with Crippen molar-refractivity contribution in [1.29, 1.82) is 0 Å². The van der Waals surface area contributed by atoms with Gasteiger partial charge in [-0.25, -0.2) is 4.39 Å². The molecule has 0 bridgehead atoms. The molecule has 2 N–H and O–H groups in total. The minimum Gasteiger partial charge on any atom is -0.321 e. The van der Waals surface area contributed by atoms with Gasteiger partial charge < -0.3 is 5.73 Å². The predicted octanol–water partition coefficient (Wildman–Crippen LogP) is 4.56. The number of nitrogens with two attached hydrogens (primary N) is 1. The molecule has 1 nitrogen and oxygen atoms in total. The first-order chi connectivity index (χ1) is 9.85. The Labute approximate surface area is 127 Å². The molecule has 0 fully saturated rings. The van der Waals surface area contributed by atoms with Crippen LogP contribution in [0.15, 0.2) is 36.4 Å². The molecule has 0 heterocycles. The fraction of sp³-hybridized carbons (Fsp3) is 0.368. The van der Waals surface area contributed by atoms with Crippen LogP contribution in [-0.2, 0) is 12.0 Å². The van der Waals surface area contributed by atoms with Crippen LogP contribution in [0.5, 0.6) is 0 Å². The lowest BCUT2D eigenvalue weighted by atomic mass is 9.80. The largest absolute Gasteiger partial charge is 0.321 e. The van der Waals surface area contributed by atoms with Crippen LogP contribution in [0.3, 0.4) is 0 Å². The van der Waals surface area contributed by atoms with Gasteiger partial charge >= 0.3 is 0 Å². The Morgan fingerprint density at radius 3 is 2.19 bits per heavy atom. The van der Waals surface area contributed by atoms with Gasteiger partial charge in [0.2, 0.25) is 0 Å². The average Bonchev–Trinajstić information content (AvgIpc) is 2.42. The fourth-order valence-electron chi connectivity index (χ4n) is 3.03. The third-order valence-electron chi connectivity index (χ3n) is 4.36. The van der Waals surface area contributed by atoms with Gasteiger partial charge in [-0.1, -0.05) is 36.8 Å². The minimum atomic E-state index is -0.535.